The van der Waals surface area contributed by atoms with E-state index in [0.29, 0.717) is 0 Å². The van der Waals surface area contributed by atoms with E-state index >= 15 is 0 Å². The molecule has 0 saturated carbocycles. The van der Waals surface area contributed by atoms with Gasteiger partial charge in [0.15, 0.2) is 0 Å². The number of allylic oxidation sites excluding steroid dienone is 1. The van der Waals surface area contributed by atoms with Crippen molar-refractivity contribution in [3.63, 3.8) is 0 Å². The van der Waals surface area contributed by atoms with Crippen molar-refractivity contribution in [3.8, 4) is 0 Å². The highest BCUT2D eigenvalue weighted by atomic mass is 14.9. The quantitative estimate of drug-likeness (QED) is 0.509. The molecule has 0 aliphatic heterocycles. The average Bonchev–Trinajstić information content (AvgIpc) is 2.01. The third-order valence-electron chi connectivity index (χ3n) is 2.07. The average molecular weight is 183 g/mol. The Kier molecular flexibility index (Phi) is 6.06. The molecular weight excluding hydrogens is 158 g/mol. The first-order valence-electron chi connectivity index (χ1n) is 5.37. The van der Waals surface area contributed by atoms with Crippen LogP contribution in [0, 0.1) is 5.92 Å². The molecule has 0 heterocycles. The second kappa shape index (κ2) is 6.20. The van der Waals surface area contributed by atoms with Gasteiger partial charge in [0.1, 0.15) is 0 Å². The van der Waals surface area contributed by atoms with Crippen LogP contribution in [0.4, 0.5) is 0 Å². The van der Waals surface area contributed by atoms with Gasteiger partial charge in [-0.1, -0.05) is 32.4 Å². The maximum absolute atomic E-state index is 3.46. The van der Waals surface area contributed by atoms with E-state index < -0.39 is 0 Å². The van der Waals surface area contributed by atoms with Gasteiger partial charge in [-0.15, -0.1) is 0 Å². The predicted molar refractivity (Wildman–Crippen MR) is 61.0 cm³/mol. The van der Waals surface area contributed by atoms with Gasteiger partial charge in [0, 0.05) is 5.54 Å². The van der Waals surface area contributed by atoms with E-state index in [-0.39, 0.29) is 5.54 Å². The Bertz CT molecular complexity index is 142. The van der Waals surface area contributed by atoms with Crippen molar-refractivity contribution in [1.29, 1.82) is 0 Å². The lowest BCUT2D eigenvalue weighted by molar-refractivity contribution is 0.431. The van der Waals surface area contributed by atoms with E-state index in [4.69, 9.17) is 0 Å². The van der Waals surface area contributed by atoms with Gasteiger partial charge in [-0.2, -0.15) is 0 Å². The molecule has 0 aromatic heterocycles. The summed E-state index contributed by atoms with van der Waals surface area (Å²) < 4.78 is 0. The maximum atomic E-state index is 3.46. The lowest BCUT2D eigenvalue weighted by atomic mass is 10.1. The van der Waals surface area contributed by atoms with Crippen LogP contribution < -0.4 is 5.32 Å². The van der Waals surface area contributed by atoms with Gasteiger partial charge in [-0.3, -0.25) is 0 Å². The minimum atomic E-state index is 0.254. The van der Waals surface area contributed by atoms with Gasteiger partial charge in [-0.25, -0.2) is 0 Å². The van der Waals surface area contributed by atoms with Crippen LogP contribution in [0.3, 0.4) is 0 Å². The fourth-order valence-corrected chi connectivity index (χ4v) is 0.995. The van der Waals surface area contributed by atoms with Crippen LogP contribution in [-0.4, -0.2) is 12.1 Å². The van der Waals surface area contributed by atoms with E-state index in [1.165, 1.54) is 6.42 Å². The highest BCUT2D eigenvalue weighted by Gasteiger charge is 2.06. The summed E-state index contributed by atoms with van der Waals surface area (Å²) in [6.45, 7) is 12.2. The molecule has 0 saturated heterocycles. The summed E-state index contributed by atoms with van der Waals surface area (Å²) in [7, 11) is 0. The second-order valence-corrected chi connectivity index (χ2v) is 4.78. The van der Waals surface area contributed by atoms with Gasteiger partial charge in [0.2, 0.25) is 0 Å². The lowest BCUT2D eigenvalue weighted by Crippen LogP contribution is -2.36. The molecule has 0 aromatic rings. The molecule has 0 spiro atoms. The fraction of sp³-hybridized carbons (Fsp3) is 0.833. The molecule has 1 nitrogen and oxygen atoms in total. The summed E-state index contributed by atoms with van der Waals surface area (Å²) >= 11 is 0. The predicted octanol–water partition coefficient (Wildman–Crippen LogP) is 3.37. The summed E-state index contributed by atoms with van der Waals surface area (Å²) in [6, 6.07) is 0. The molecule has 13 heavy (non-hydrogen) atoms. The summed E-state index contributed by atoms with van der Waals surface area (Å²) in [4.78, 5) is 0. The first-order valence-corrected chi connectivity index (χ1v) is 5.37. The first-order chi connectivity index (χ1) is 5.95. The van der Waals surface area contributed by atoms with Gasteiger partial charge in [0.25, 0.3) is 0 Å². The molecule has 0 radical (unpaired) electrons. The van der Waals surface area contributed by atoms with Gasteiger partial charge >= 0.3 is 0 Å². The van der Waals surface area contributed by atoms with Crippen LogP contribution in [0.2, 0.25) is 0 Å². The lowest BCUT2D eigenvalue weighted by Gasteiger charge is -2.19. The molecule has 0 rings (SSSR count). The SMILES string of the molecule is CCC(C)C=CCCNC(C)(C)C. The van der Waals surface area contributed by atoms with E-state index in [2.05, 4.69) is 52.1 Å². The van der Waals surface area contributed by atoms with Crippen LogP contribution in [0.15, 0.2) is 12.2 Å². The van der Waals surface area contributed by atoms with Crippen LogP contribution >= 0.6 is 0 Å². The highest BCUT2D eigenvalue weighted by Crippen LogP contribution is 2.03. The Balaban J connectivity index is 3.41. The Hall–Kier alpha value is -0.300. The zero-order chi connectivity index (χ0) is 10.3. The molecule has 0 aliphatic carbocycles. The monoisotopic (exact) mass is 183 g/mol. The largest absolute Gasteiger partial charge is 0.312 e. The van der Waals surface area contributed by atoms with Crippen LogP contribution in [-0.2, 0) is 0 Å². The van der Waals surface area contributed by atoms with Gasteiger partial charge in [0.05, 0.1) is 0 Å². The summed E-state index contributed by atoms with van der Waals surface area (Å²) in [6.07, 6.45) is 6.97. The zero-order valence-electron chi connectivity index (χ0n) is 9.85. The molecule has 0 bridgehead atoms. The van der Waals surface area contributed by atoms with Crippen molar-refractivity contribution >= 4 is 0 Å². The highest BCUT2D eigenvalue weighted by molar-refractivity contribution is 4.86. The third-order valence-corrected chi connectivity index (χ3v) is 2.07. The number of nitrogens with one attached hydrogen (secondary N) is 1. The Morgan fingerprint density at radius 1 is 1.31 bits per heavy atom. The van der Waals surface area contributed by atoms with E-state index in [0.717, 1.165) is 18.9 Å². The summed E-state index contributed by atoms with van der Waals surface area (Å²) in [5.41, 5.74) is 0.254. The van der Waals surface area contributed by atoms with Crippen molar-refractivity contribution in [3.05, 3.63) is 12.2 Å². The summed E-state index contributed by atoms with van der Waals surface area (Å²) in [5.74, 6) is 0.731. The van der Waals surface area contributed by atoms with E-state index in [9.17, 15) is 0 Å². The number of hydrogen-bond donors (Lipinski definition) is 1. The molecular formula is C12H25N. The molecule has 0 fully saturated rings. The smallest absolute Gasteiger partial charge is 0.00966 e. The zero-order valence-corrected chi connectivity index (χ0v) is 9.85. The van der Waals surface area contributed by atoms with Crippen molar-refractivity contribution in [2.45, 2.75) is 53.0 Å². The van der Waals surface area contributed by atoms with Crippen molar-refractivity contribution < 1.29 is 0 Å². The molecule has 0 aromatic carbocycles. The summed E-state index contributed by atoms with van der Waals surface area (Å²) in [5, 5.41) is 3.46. The van der Waals surface area contributed by atoms with Crippen molar-refractivity contribution in [2.24, 2.45) is 5.92 Å². The standard InChI is InChI=1S/C12H25N/c1-6-11(2)9-7-8-10-13-12(3,4)5/h7,9,11,13H,6,8,10H2,1-5H3. The van der Waals surface area contributed by atoms with Crippen LogP contribution in [0.25, 0.3) is 0 Å². The minimum absolute atomic E-state index is 0.254. The normalized spacial score (nSPS) is 15.2. The third kappa shape index (κ3) is 9.62. The second-order valence-electron chi connectivity index (χ2n) is 4.78. The van der Waals surface area contributed by atoms with Crippen molar-refractivity contribution in [2.75, 3.05) is 6.54 Å². The number of hydrogen-bond acceptors (Lipinski definition) is 1. The fourth-order valence-electron chi connectivity index (χ4n) is 0.995. The van der Waals surface area contributed by atoms with Crippen LogP contribution in [0.1, 0.15) is 47.5 Å². The molecule has 1 N–H and O–H groups in total. The first kappa shape index (κ1) is 12.7. The molecule has 78 valence electrons. The molecule has 0 amide bonds. The Labute approximate surface area is 83.6 Å². The maximum Gasteiger partial charge on any atom is 0.00966 e. The van der Waals surface area contributed by atoms with Gasteiger partial charge in [-0.05, 0) is 39.7 Å². The van der Waals surface area contributed by atoms with E-state index in [1.54, 1.807) is 0 Å². The Morgan fingerprint density at radius 2 is 1.92 bits per heavy atom. The van der Waals surface area contributed by atoms with Crippen LogP contribution in [0.5, 0.6) is 0 Å². The molecule has 1 unspecified atom stereocenters. The molecule has 1 heteroatoms. The molecule has 0 aliphatic rings. The minimum Gasteiger partial charge on any atom is -0.312 e. The van der Waals surface area contributed by atoms with E-state index in [1.807, 2.05) is 0 Å². The topological polar surface area (TPSA) is 12.0 Å². The van der Waals surface area contributed by atoms with Gasteiger partial charge < -0.3 is 5.32 Å². The number of rotatable bonds is 5. The Morgan fingerprint density at radius 3 is 2.38 bits per heavy atom. The van der Waals surface area contributed by atoms with Crippen molar-refractivity contribution in [1.82, 2.24) is 5.32 Å². The molecule has 1 atom stereocenters.